The third-order valence-electron chi connectivity index (χ3n) is 2.85. The molecule has 1 aliphatic heterocycles. The lowest BCUT2D eigenvalue weighted by Gasteiger charge is -2.19. The second kappa shape index (κ2) is 4.14. The first-order valence-electron chi connectivity index (χ1n) is 5.30. The normalized spacial score (nSPS) is 21.0. The fraction of sp³-hybridized carbons (Fsp3) is 0.545. The number of rotatable bonds is 2. The molecule has 1 saturated heterocycles. The summed E-state index contributed by atoms with van der Waals surface area (Å²) in [6, 6.07) is 1.48. The van der Waals surface area contributed by atoms with E-state index in [0.29, 0.717) is 12.5 Å². The van der Waals surface area contributed by atoms with Gasteiger partial charge in [-0.2, -0.15) is 0 Å². The van der Waals surface area contributed by atoms with Gasteiger partial charge in [-0.05, 0) is 18.4 Å². The molecule has 1 aliphatic rings. The summed E-state index contributed by atoms with van der Waals surface area (Å²) in [5.41, 5.74) is 6.38. The maximum absolute atomic E-state index is 13.0. The second-order valence-electron chi connectivity index (χ2n) is 4.18. The van der Waals surface area contributed by atoms with E-state index in [1.165, 1.54) is 18.7 Å². The number of pyridine rings is 1. The van der Waals surface area contributed by atoms with Gasteiger partial charge in [0.05, 0.1) is 6.20 Å². The summed E-state index contributed by atoms with van der Waals surface area (Å²) in [5, 5.41) is 0. The summed E-state index contributed by atoms with van der Waals surface area (Å²) < 4.78 is 13.0. The van der Waals surface area contributed by atoms with Gasteiger partial charge in [0.25, 0.3) is 0 Å². The zero-order valence-electron chi connectivity index (χ0n) is 8.91. The van der Waals surface area contributed by atoms with Crippen LogP contribution < -0.4 is 10.6 Å². The number of anilines is 1. The molecular formula is C11H16FN3. The van der Waals surface area contributed by atoms with Crippen LogP contribution in [0.1, 0.15) is 18.9 Å². The van der Waals surface area contributed by atoms with Gasteiger partial charge in [-0.15, -0.1) is 0 Å². The minimum absolute atomic E-state index is 0.313. The minimum Gasteiger partial charge on any atom is -0.356 e. The van der Waals surface area contributed by atoms with Crippen molar-refractivity contribution in [2.75, 3.05) is 18.0 Å². The zero-order chi connectivity index (χ0) is 10.8. The zero-order valence-corrected chi connectivity index (χ0v) is 8.91. The summed E-state index contributed by atoms with van der Waals surface area (Å²) in [7, 11) is 0. The molecule has 3 nitrogen and oxygen atoms in total. The number of halogens is 1. The Balaban J connectivity index is 2.27. The predicted octanol–water partition coefficient (Wildman–Crippen LogP) is 1.53. The molecule has 0 saturated carbocycles. The molecule has 0 spiro atoms. The van der Waals surface area contributed by atoms with Crippen molar-refractivity contribution in [2.24, 2.45) is 11.7 Å². The lowest BCUT2D eigenvalue weighted by atomic mass is 10.2. The topological polar surface area (TPSA) is 42.2 Å². The molecule has 2 rings (SSSR count). The Hall–Kier alpha value is -1.16. The first-order valence-corrected chi connectivity index (χ1v) is 5.30. The van der Waals surface area contributed by atoms with Crippen LogP contribution in [0, 0.1) is 11.7 Å². The van der Waals surface area contributed by atoms with Gasteiger partial charge >= 0.3 is 0 Å². The van der Waals surface area contributed by atoms with Crippen LogP contribution in [-0.2, 0) is 6.54 Å². The van der Waals surface area contributed by atoms with E-state index in [0.717, 1.165) is 24.5 Å². The molecule has 0 radical (unpaired) electrons. The number of hydrogen-bond donors (Lipinski definition) is 1. The van der Waals surface area contributed by atoms with E-state index in [2.05, 4.69) is 16.8 Å². The van der Waals surface area contributed by atoms with Crippen molar-refractivity contribution in [2.45, 2.75) is 19.9 Å². The molecule has 0 aromatic carbocycles. The molecule has 1 aromatic heterocycles. The van der Waals surface area contributed by atoms with Crippen LogP contribution in [0.4, 0.5) is 10.2 Å². The van der Waals surface area contributed by atoms with Crippen molar-refractivity contribution >= 4 is 5.82 Å². The average molecular weight is 209 g/mol. The summed E-state index contributed by atoms with van der Waals surface area (Å²) in [4.78, 5) is 6.32. The molecular weight excluding hydrogens is 193 g/mol. The van der Waals surface area contributed by atoms with E-state index in [9.17, 15) is 4.39 Å². The van der Waals surface area contributed by atoms with E-state index < -0.39 is 0 Å². The highest BCUT2D eigenvalue weighted by atomic mass is 19.1. The van der Waals surface area contributed by atoms with Gasteiger partial charge in [0.2, 0.25) is 0 Å². The number of aromatic nitrogens is 1. The highest BCUT2D eigenvalue weighted by Crippen LogP contribution is 2.24. The second-order valence-corrected chi connectivity index (χ2v) is 4.18. The van der Waals surface area contributed by atoms with Crippen molar-refractivity contribution < 1.29 is 4.39 Å². The van der Waals surface area contributed by atoms with Gasteiger partial charge in [-0.3, -0.25) is 0 Å². The molecule has 2 N–H and O–H groups in total. The molecule has 1 aromatic rings. The molecule has 1 atom stereocenters. The Morgan fingerprint density at radius 1 is 1.67 bits per heavy atom. The Morgan fingerprint density at radius 2 is 2.47 bits per heavy atom. The van der Waals surface area contributed by atoms with Crippen LogP contribution in [-0.4, -0.2) is 18.1 Å². The molecule has 1 fully saturated rings. The average Bonchev–Trinajstić information content (AvgIpc) is 2.64. The minimum atomic E-state index is -0.313. The highest BCUT2D eigenvalue weighted by Gasteiger charge is 2.21. The molecule has 4 heteroatoms. The fourth-order valence-electron chi connectivity index (χ4n) is 2.04. The van der Waals surface area contributed by atoms with Crippen LogP contribution in [0.2, 0.25) is 0 Å². The third-order valence-corrected chi connectivity index (χ3v) is 2.85. The maximum Gasteiger partial charge on any atom is 0.141 e. The van der Waals surface area contributed by atoms with E-state index in [4.69, 9.17) is 5.73 Å². The Labute approximate surface area is 89.1 Å². The molecule has 1 unspecified atom stereocenters. The fourth-order valence-corrected chi connectivity index (χ4v) is 2.04. The predicted molar refractivity (Wildman–Crippen MR) is 58.1 cm³/mol. The summed E-state index contributed by atoms with van der Waals surface area (Å²) >= 11 is 0. The van der Waals surface area contributed by atoms with E-state index in [1.54, 1.807) is 0 Å². The molecule has 2 heterocycles. The van der Waals surface area contributed by atoms with Crippen molar-refractivity contribution in [3.05, 3.63) is 23.6 Å². The molecule has 0 bridgehead atoms. The SMILES string of the molecule is CC1CCN(c2ncc(F)cc2CN)C1. The number of hydrogen-bond acceptors (Lipinski definition) is 3. The van der Waals surface area contributed by atoms with Crippen molar-refractivity contribution in [1.82, 2.24) is 4.98 Å². The third kappa shape index (κ3) is 2.09. The molecule has 0 aliphatic carbocycles. The van der Waals surface area contributed by atoms with Gasteiger partial charge in [-0.25, -0.2) is 9.37 Å². The first kappa shape index (κ1) is 10.4. The Kier molecular flexibility index (Phi) is 2.86. The lowest BCUT2D eigenvalue weighted by molar-refractivity contribution is 0.617. The number of nitrogens with two attached hydrogens (primary N) is 1. The van der Waals surface area contributed by atoms with Gasteiger partial charge in [0.1, 0.15) is 11.6 Å². The van der Waals surface area contributed by atoms with Crippen LogP contribution in [0.3, 0.4) is 0 Å². The quantitative estimate of drug-likeness (QED) is 0.803. The van der Waals surface area contributed by atoms with Crippen molar-refractivity contribution in [1.29, 1.82) is 0 Å². The number of nitrogens with zero attached hydrogens (tertiary/aromatic N) is 2. The van der Waals surface area contributed by atoms with Crippen LogP contribution in [0.25, 0.3) is 0 Å². The van der Waals surface area contributed by atoms with Crippen molar-refractivity contribution in [3.63, 3.8) is 0 Å². The standard InChI is InChI=1S/C11H16FN3/c1-8-2-3-15(7-8)11-9(5-13)4-10(12)6-14-11/h4,6,8H,2-3,5,7,13H2,1H3. The lowest BCUT2D eigenvalue weighted by Crippen LogP contribution is -2.22. The van der Waals surface area contributed by atoms with Gasteiger partial charge in [-0.1, -0.05) is 6.92 Å². The van der Waals surface area contributed by atoms with E-state index >= 15 is 0 Å². The largest absolute Gasteiger partial charge is 0.356 e. The van der Waals surface area contributed by atoms with E-state index in [1.807, 2.05) is 0 Å². The summed E-state index contributed by atoms with van der Waals surface area (Å²) in [5.74, 6) is 1.22. The first-order chi connectivity index (χ1) is 7.20. The smallest absolute Gasteiger partial charge is 0.141 e. The molecule has 0 amide bonds. The van der Waals surface area contributed by atoms with Crippen LogP contribution in [0.5, 0.6) is 0 Å². The Morgan fingerprint density at radius 3 is 3.07 bits per heavy atom. The van der Waals surface area contributed by atoms with Crippen LogP contribution >= 0.6 is 0 Å². The van der Waals surface area contributed by atoms with E-state index in [-0.39, 0.29) is 5.82 Å². The Bertz CT molecular complexity index is 354. The van der Waals surface area contributed by atoms with Gasteiger partial charge in [0.15, 0.2) is 0 Å². The van der Waals surface area contributed by atoms with Gasteiger partial charge in [0, 0.05) is 25.2 Å². The van der Waals surface area contributed by atoms with Gasteiger partial charge < -0.3 is 10.6 Å². The van der Waals surface area contributed by atoms with Crippen molar-refractivity contribution in [3.8, 4) is 0 Å². The van der Waals surface area contributed by atoms with Crippen LogP contribution in [0.15, 0.2) is 12.3 Å². The monoisotopic (exact) mass is 209 g/mol. The maximum atomic E-state index is 13.0. The molecule has 82 valence electrons. The summed E-state index contributed by atoms with van der Waals surface area (Å²) in [6.45, 7) is 4.54. The highest BCUT2D eigenvalue weighted by molar-refractivity contribution is 5.47. The summed E-state index contributed by atoms with van der Waals surface area (Å²) in [6.07, 6.45) is 2.43. The molecule has 15 heavy (non-hydrogen) atoms.